The standard InChI is InChI=1S/C13H21N3O2S/c1-13(2)10(9-7-5-4-6-8-9)15-11(19-13)16-18-12(17)14-3/h9H,4-8H2,1-3H3,(H,14,17)/b16-11-. The van der Waals surface area contributed by atoms with Crippen LogP contribution in [0.3, 0.4) is 0 Å². The molecule has 1 aliphatic heterocycles. The van der Waals surface area contributed by atoms with Crippen LogP contribution in [0.5, 0.6) is 0 Å². The second kappa shape index (κ2) is 5.94. The van der Waals surface area contributed by atoms with Crippen LogP contribution in [0.25, 0.3) is 0 Å². The minimum atomic E-state index is -0.563. The van der Waals surface area contributed by atoms with Crippen molar-refractivity contribution in [2.45, 2.75) is 50.7 Å². The molecule has 0 aromatic heterocycles. The third-order valence-electron chi connectivity index (χ3n) is 3.58. The number of carbonyl (C=O) groups is 1. The highest BCUT2D eigenvalue weighted by molar-refractivity contribution is 8.16. The van der Waals surface area contributed by atoms with E-state index in [-0.39, 0.29) is 4.75 Å². The Balaban J connectivity index is 2.09. The van der Waals surface area contributed by atoms with Crippen LogP contribution in [0.1, 0.15) is 46.0 Å². The normalized spacial score (nSPS) is 25.2. The Morgan fingerprint density at radius 3 is 2.74 bits per heavy atom. The van der Waals surface area contributed by atoms with Crippen LogP contribution in [0.2, 0.25) is 0 Å². The lowest BCUT2D eigenvalue weighted by Gasteiger charge is -2.28. The fourth-order valence-corrected chi connectivity index (χ4v) is 3.66. The number of rotatable bonds is 2. The summed E-state index contributed by atoms with van der Waals surface area (Å²) in [7, 11) is 1.50. The molecule has 1 amide bonds. The number of oxime groups is 1. The molecule has 0 radical (unpaired) electrons. The van der Waals surface area contributed by atoms with Crippen LogP contribution in [0, 0.1) is 5.92 Å². The minimum absolute atomic E-state index is 0.0487. The van der Waals surface area contributed by atoms with Crippen LogP contribution in [0.4, 0.5) is 4.79 Å². The number of amidine groups is 1. The first-order chi connectivity index (χ1) is 9.03. The van der Waals surface area contributed by atoms with Gasteiger partial charge < -0.3 is 5.32 Å². The van der Waals surface area contributed by atoms with Crippen molar-refractivity contribution in [1.82, 2.24) is 5.32 Å². The molecular formula is C13H21N3O2S. The molecule has 0 spiro atoms. The molecule has 1 fully saturated rings. The number of thioether (sulfide) groups is 1. The van der Waals surface area contributed by atoms with E-state index in [1.807, 2.05) is 0 Å². The summed E-state index contributed by atoms with van der Waals surface area (Å²) in [5.41, 5.74) is 1.21. The maximum atomic E-state index is 11.0. The van der Waals surface area contributed by atoms with Gasteiger partial charge in [0.05, 0.1) is 4.75 Å². The molecule has 0 atom stereocenters. The van der Waals surface area contributed by atoms with Gasteiger partial charge >= 0.3 is 6.09 Å². The molecule has 0 bridgehead atoms. The molecule has 1 heterocycles. The number of nitrogens with zero attached hydrogens (tertiary/aromatic N) is 2. The molecule has 0 aromatic carbocycles. The van der Waals surface area contributed by atoms with Crippen LogP contribution >= 0.6 is 11.8 Å². The highest BCUT2D eigenvalue weighted by Gasteiger charge is 2.39. The molecule has 0 unspecified atom stereocenters. The number of nitrogens with one attached hydrogen (secondary N) is 1. The fourth-order valence-electron chi connectivity index (χ4n) is 2.67. The molecule has 0 saturated heterocycles. The van der Waals surface area contributed by atoms with Gasteiger partial charge in [-0.1, -0.05) is 31.0 Å². The zero-order valence-corrected chi connectivity index (χ0v) is 12.5. The lowest BCUT2D eigenvalue weighted by molar-refractivity contribution is 0.153. The van der Waals surface area contributed by atoms with Crippen molar-refractivity contribution in [2.75, 3.05) is 7.05 Å². The van der Waals surface area contributed by atoms with Crippen LogP contribution in [0.15, 0.2) is 10.1 Å². The SMILES string of the molecule is CNC(=O)O/N=C1/N=C(C2CCCCC2)C(C)(C)S1. The molecule has 6 heteroatoms. The number of hydrogen-bond donors (Lipinski definition) is 1. The van der Waals surface area contributed by atoms with Crippen molar-refractivity contribution < 1.29 is 9.63 Å². The highest BCUT2D eigenvalue weighted by atomic mass is 32.2. The van der Waals surface area contributed by atoms with E-state index in [1.54, 1.807) is 11.8 Å². The van der Waals surface area contributed by atoms with Crippen molar-refractivity contribution in [3.63, 3.8) is 0 Å². The van der Waals surface area contributed by atoms with Crippen LogP contribution in [-0.2, 0) is 4.84 Å². The first kappa shape index (κ1) is 14.4. The maximum Gasteiger partial charge on any atom is 0.433 e. The van der Waals surface area contributed by atoms with Gasteiger partial charge in [0.2, 0.25) is 5.17 Å². The third kappa shape index (κ3) is 3.49. The fraction of sp³-hybridized carbons (Fsp3) is 0.769. The van der Waals surface area contributed by atoms with E-state index in [9.17, 15) is 4.79 Å². The lowest BCUT2D eigenvalue weighted by atomic mass is 9.81. The summed E-state index contributed by atoms with van der Waals surface area (Å²) in [6.45, 7) is 4.32. The minimum Gasteiger partial charge on any atom is -0.323 e. The number of amides is 1. The van der Waals surface area contributed by atoms with Gasteiger partial charge in [0.25, 0.3) is 0 Å². The van der Waals surface area contributed by atoms with Crippen molar-refractivity contribution in [2.24, 2.45) is 16.1 Å². The van der Waals surface area contributed by atoms with E-state index in [0.717, 1.165) is 0 Å². The van der Waals surface area contributed by atoms with E-state index in [2.05, 4.69) is 29.3 Å². The zero-order chi connectivity index (χ0) is 13.9. The Kier molecular flexibility index (Phi) is 4.50. The van der Waals surface area contributed by atoms with E-state index < -0.39 is 6.09 Å². The van der Waals surface area contributed by atoms with Crippen molar-refractivity contribution >= 4 is 28.7 Å². The van der Waals surface area contributed by atoms with Gasteiger partial charge in [0.15, 0.2) is 0 Å². The van der Waals surface area contributed by atoms with Gasteiger partial charge in [0.1, 0.15) is 0 Å². The lowest BCUT2D eigenvalue weighted by Crippen LogP contribution is -2.32. The summed E-state index contributed by atoms with van der Waals surface area (Å²) in [5.74, 6) is 0.559. The maximum absolute atomic E-state index is 11.0. The second-order valence-corrected chi connectivity index (χ2v) is 7.04. The summed E-state index contributed by atoms with van der Waals surface area (Å²) in [6, 6.07) is 0. The Morgan fingerprint density at radius 2 is 2.11 bits per heavy atom. The van der Waals surface area contributed by atoms with E-state index >= 15 is 0 Å². The summed E-state index contributed by atoms with van der Waals surface area (Å²) in [6.07, 6.45) is 5.76. The van der Waals surface area contributed by atoms with E-state index in [0.29, 0.717) is 11.1 Å². The Bertz CT molecular complexity index is 412. The molecule has 1 saturated carbocycles. The van der Waals surface area contributed by atoms with E-state index in [1.165, 1.54) is 44.9 Å². The quantitative estimate of drug-likeness (QED) is 0.625. The van der Waals surface area contributed by atoms with Crippen molar-refractivity contribution in [3.8, 4) is 0 Å². The van der Waals surface area contributed by atoms with Gasteiger partial charge in [-0.25, -0.2) is 9.79 Å². The van der Waals surface area contributed by atoms with E-state index in [4.69, 9.17) is 4.84 Å². The predicted molar refractivity (Wildman–Crippen MR) is 78.7 cm³/mol. The molecule has 1 N–H and O–H groups in total. The second-order valence-electron chi connectivity index (χ2n) is 5.45. The molecular weight excluding hydrogens is 262 g/mol. The summed E-state index contributed by atoms with van der Waals surface area (Å²) in [4.78, 5) is 20.3. The first-order valence-electron chi connectivity index (χ1n) is 6.78. The number of carbonyl (C=O) groups excluding carboxylic acids is 1. The predicted octanol–water partition coefficient (Wildman–Crippen LogP) is 3.16. The van der Waals surface area contributed by atoms with Gasteiger partial charge in [-0.05, 0) is 37.8 Å². The largest absolute Gasteiger partial charge is 0.433 e. The van der Waals surface area contributed by atoms with Gasteiger partial charge in [0, 0.05) is 12.8 Å². The molecule has 106 valence electrons. The average molecular weight is 283 g/mol. The third-order valence-corrected chi connectivity index (χ3v) is 4.65. The summed E-state index contributed by atoms with van der Waals surface area (Å²) < 4.78 is -0.0487. The summed E-state index contributed by atoms with van der Waals surface area (Å²) >= 11 is 1.56. The van der Waals surface area contributed by atoms with Crippen molar-refractivity contribution in [3.05, 3.63) is 0 Å². The summed E-state index contributed by atoms with van der Waals surface area (Å²) in [5, 5.41) is 6.72. The van der Waals surface area contributed by atoms with Gasteiger partial charge in [-0.3, -0.25) is 4.84 Å². The zero-order valence-electron chi connectivity index (χ0n) is 11.7. The average Bonchev–Trinajstić information content (AvgIpc) is 2.72. The smallest absolute Gasteiger partial charge is 0.323 e. The van der Waals surface area contributed by atoms with Crippen LogP contribution in [-0.4, -0.2) is 28.8 Å². The molecule has 1 aliphatic carbocycles. The first-order valence-corrected chi connectivity index (χ1v) is 7.59. The van der Waals surface area contributed by atoms with Gasteiger partial charge in [-0.15, -0.1) is 0 Å². The Labute approximate surface area is 118 Å². The monoisotopic (exact) mass is 283 g/mol. The molecule has 0 aromatic rings. The molecule has 5 nitrogen and oxygen atoms in total. The Hall–Kier alpha value is -1.04. The number of aliphatic imine (C=N–C) groups is 1. The van der Waals surface area contributed by atoms with Gasteiger partial charge in [-0.2, -0.15) is 0 Å². The topological polar surface area (TPSA) is 63.0 Å². The molecule has 2 aliphatic rings. The molecule has 19 heavy (non-hydrogen) atoms. The number of hydrogen-bond acceptors (Lipinski definition) is 4. The highest BCUT2D eigenvalue weighted by Crippen LogP contribution is 2.40. The van der Waals surface area contributed by atoms with Crippen molar-refractivity contribution in [1.29, 1.82) is 0 Å². The Morgan fingerprint density at radius 1 is 1.42 bits per heavy atom. The van der Waals surface area contributed by atoms with Crippen LogP contribution < -0.4 is 5.32 Å². The molecule has 2 rings (SSSR count).